The predicted octanol–water partition coefficient (Wildman–Crippen LogP) is 2.81. The molecule has 4 aliphatic rings. The van der Waals surface area contributed by atoms with E-state index in [1.807, 2.05) is 36.5 Å². The SMILES string of the molecule is COc1ccc(OC)c(C(=O)[C@H]2[C@@H]3C(=O)N(C4CCCCC4)C(=O)[C@@H]3[C@H]3c4ccccc4C=C[NH+]32)c1. The van der Waals surface area contributed by atoms with E-state index in [0.717, 1.165) is 48.1 Å². The maximum Gasteiger partial charge on any atom is 0.240 e. The zero-order valence-electron chi connectivity index (χ0n) is 20.6. The summed E-state index contributed by atoms with van der Waals surface area (Å²) in [5.41, 5.74) is 2.43. The second-order valence-electron chi connectivity index (χ2n) is 10.2. The fraction of sp³-hybridized carbons (Fsp3) is 0.414. The van der Waals surface area contributed by atoms with Crippen molar-refractivity contribution in [2.75, 3.05) is 14.2 Å². The van der Waals surface area contributed by atoms with Gasteiger partial charge in [0.2, 0.25) is 17.6 Å². The van der Waals surface area contributed by atoms with Gasteiger partial charge in [-0.25, -0.2) is 0 Å². The minimum absolute atomic E-state index is 0.0655. The molecule has 186 valence electrons. The number of ketones is 1. The van der Waals surface area contributed by atoms with Crippen LogP contribution in [0.2, 0.25) is 0 Å². The Kier molecular flexibility index (Phi) is 5.67. The van der Waals surface area contributed by atoms with Crippen molar-refractivity contribution < 1.29 is 28.8 Å². The van der Waals surface area contributed by atoms with E-state index >= 15 is 0 Å². The van der Waals surface area contributed by atoms with Gasteiger partial charge in [-0.05, 0) is 42.7 Å². The third kappa shape index (κ3) is 3.33. The van der Waals surface area contributed by atoms with E-state index in [4.69, 9.17) is 9.47 Å². The fourth-order valence-corrected chi connectivity index (χ4v) is 6.94. The third-order valence-electron chi connectivity index (χ3n) is 8.55. The van der Waals surface area contributed by atoms with Crippen molar-refractivity contribution in [3.05, 3.63) is 65.4 Å². The summed E-state index contributed by atoms with van der Waals surface area (Å²) in [4.78, 5) is 44.7. The summed E-state index contributed by atoms with van der Waals surface area (Å²) in [7, 11) is 3.08. The van der Waals surface area contributed by atoms with Crippen LogP contribution < -0.4 is 14.4 Å². The van der Waals surface area contributed by atoms with Gasteiger partial charge in [-0.2, -0.15) is 0 Å². The van der Waals surface area contributed by atoms with E-state index in [-0.39, 0.29) is 29.7 Å². The summed E-state index contributed by atoms with van der Waals surface area (Å²) >= 11 is 0. The van der Waals surface area contributed by atoms with Crippen LogP contribution in [0.3, 0.4) is 0 Å². The minimum Gasteiger partial charge on any atom is -0.497 e. The molecule has 0 radical (unpaired) electrons. The molecule has 5 atom stereocenters. The molecule has 0 spiro atoms. The number of carbonyl (C=O) groups excluding carboxylic acids is 3. The molecule has 1 saturated carbocycles. The van der Waals surface area contributed by atoms with E-state index in [1.54, 1.807) is 25.3 Å². The Morgan fingerprint density at radius 1 is 0.944 bits per heavy atom. The summed E-state index contributed by atoms with van der Waals surface area (Å²) in [6, 6.07) is 12.0. The van der Waals surface area contributed by atoms with Crippen molar-refractivity contribution >= 4 is 23.7 Å². The molecule has 2 amide bonds. The number of hydrogen-bond acceptors (Lipinski definition) is 5. The number of ether oxygens (including phenoxy) is 2. The molecule has 1 N–H and O–H groups in total. The number of methoxy groups -OCH3 is 2. The lowest BCUT2D eigenvalue weighted by Crippen LogP contribution is -3.12. The normalized spacial score (nSPS) is 29.1. The third-order valence-corrected chi connectivity index (χ3v) is 8.55. The molecule has 2 aromatic rings. The van der Waals surface area contributed by atoms with Gasteiger partial charge in [-0.3, -0.25) is 24.2 Å². The summed E-state index contributed by atoms with van der Waals surface area (Å²) in [6.45, 7) is 0. The van der Waals surface area contributed by atoms with Gasteiger partial charge in [0.25, 0.3) is 0 Å². The number of nitrogens with one attached hydrogen (secondary N) is 1. The number of nitrogens with zero attached hydrogens (tertiary/aromatic N) is 1. The highest BCUT2D eigenvalue weighted by Crippen LogP contribution is 2.46. The van der Waals surface area contributed by atoms with Crippen LogP contribution in [0, 0.1) is 11.8 Å². The first kappa shape index (κ1) is 23.0. The number of likely N-dealkylation sites (tertiary alicyclic amines) is 1. The Morgan fingerprint density at radius 2 is 1.69 bits per heavy atom. The van der Waals surface area contributed by atoms with Crippen molar-refractivity contribution in [1.82, 2.24) is 4.90 Å². The lowest BCUT2D eigenvalue weighted by molar-refractivity contribution is -0.884. The minimum atomic E-state index is -0.726. The Labute approximate surface area is 210 Å². The summed E-state index contributed by atoms with van der Waals surface area (Å²) < 4.78 is 10.9. The molecule has 6 rings (SSSR count). The molecule has 1 aliphatic carbocycles. The van der Waals surface area contributed by atoms with Crippen molar-refractivity contribution in [1.29, 1.82) is 0 Å². The highest BCUT2D eigenvalue weighted by atomic mass is 16.5. The van der Waals surface area contributed by atoms with Gasteiger partial charge in [0.15, 0.2) is 6.04 Å². The lowest BCUT2D eigenvalue weighted by atomic mass is 9.83. The highest BCUT2D eigenvalue weighted by molar-refractivity contribution is 6.12. The molecular weight excluding hydrogens is 456 g/mol. The van der Waals surface area contributed by atoms with Crippen LogP contribution in [0.15, 0.2) is 48.7 Å². The summed E-state index contributed by atoms with van der Waals surface area (Å²) in [6.07, 6.45) is 8.83. The number of fused-ring (bicyclic) bond motifs is 5. The van der Waals surface area contributed by atoms with Gasteiger partial charge in [0.1, 0.15) is 29.4 Å². The molecule has 1 unspecified atom stereocenters. The zero-order chi connectivity index (χ0) is 25.0. The second kappa shape index (κ2) is 8.89. The van der Waals surface area contributed by atoms with Crippen LogP contribution in [0.25, 0.3) is 6.08 Å². The van der Waals surface area contributed by atoms with Crippen LogP contribution in [-0.4, -0.2) is 48.8 Å². The number of hydrogen-bond donors (Lipinski definition) is 1. The fourth-order valence-electron chi connectivity index (χ4n) is 6.94. The van der Waals surface area contributed by atoms with E-state index in [2.05, 4.69) is 0 Å². The Balaban J connectivity index is 1.48. The van der Waals surface area contributed by atoms with E-state index in [9.17, 15) is 14.4 Å². The van der Waals surface area contributed by atoms with Crippen molar-refractivity contribution in [2.24, 2.45) is 11.8 Å². The predicted molar refractivity (Wildman–Crippen MR) is 133 cm³/mol. The van der Waals surface area contributed by atoms with Crippen LogP contribution in [0.4, 0.5) is 0 Å². The van der Waals surface area contributed by atoms with Crippen molar-refractivity contribution in [2.45, 2.75) is 50.2 Å². The van der Waals surface area contributed by atoms with Gasteiger partial charge < -0.3 is 9.47 Å². The lowest BCUT2D eigenvalue weighted by Gasteiger charge is -2.34. The molecule has 7 heteroatoms. The Bertz CT molecular complexity index is 1260. The number of rotatable bonds is 5. The van der Waals surface area contributed by atoms with Gasteiger partial charge in [-0.1, -0.05) is 43.5 Å². The van der Waals surface area contributed by atoms with E-state index in [1.165, 1.54) is 12.0 Å². The number of imide groups is 1. The molecule has 2 saturated heterocycles. The number of benzene rings is 2. The highest BCUT2D eigenvalue weighted by Gasteiger charge is 2.68. The molecule has 7 nitrogen and oxygen atoms in total. The molecule has 0 bridgehead atoms. The standard InChI is InChI=1S/C29H30N2O5/c1-35-19-12-13-22(36-2)21(16-19)27(32)26-24-23(25-20-11-7-6-8-17(20)14-15-30(25)26)28(33)31(29(24)34)18-9-4-3-5-10-18/h6-8,11-16,18,23-26H,3-5,9-10H2,1-2H3/p+1/t23-,24+,25+,26+/m0/s1. The quantitative estimate of drug-likeness (QED) is 0.519. The molecular formula is C29H31N2O5+. The van der Waals surface area contributed by atoms with Gasteiger partial charge in [0.05, 0.1) is 26.0 Å². The zero-order valence-corrected chi connectivity index (χ0v) is 20.6. The number of quaternary nitrogens is 1. The summed E-state index contributed by atoms with van der Waals surface area (Å²) in [5.74, 6) is -0.805. The van der Waals surface area contributed by atoms with Crippen LogP contribution in [0.5, 0.6) is 11.5 Å². The molecule has 3 fully saturated rings. The molecule has 36 heavy (non-hydrogen) atoms. The Morgan fingerprint density at radius 3 is 2.44 bits per heavy atom. The van der Waals surface area contributed by atoms with E-state index < -0.39 is 17.9 Å². The van der Waals surface area contributed by atoms with Crippen LogP contribution in [-0.2, 0) is 9.59 Å². The topological polar surface area (TPSA) is 77.3 Å². The average molecular weight is 488 g/mol. The first-order valence-corrected chi connectivity index (χ1v) is 12.8. The Hall–Kier alpha value is -3.45. The van der Waals surface area contributed by atoms with E-state index in [0.29, 0.717) is 17.1 Å². The van der Waals surface area contributed by atoms with Gasteiger partial charge in [0, 0.05) is 11.6 Å². The maximum atomic E-state index is 14.3. The second-order valence-corrected chi connectivity index (χ2v) is 10.2. The molecule has 2 aromatic carbocycles. The van der Waals surface area contributed by atoms with Gasteiger partial charge >= 0.3 is 0 Å². The number of amides is 2. The molecule has 0 aromatic heterocycles. The first-order chi connectivity index (χ1) is 17.5. The molecule has 3 heterocycles. The van der Waals surface area contributed by atoms with Gasteiger partial charge in [-0.15, -0.1) is 0 Å². The molecule has 3 aliphatic heterocycles. The number of Topliss-reactive ketones (excluding diaryl/α,β-unsaturated/α-hetero) is 1. The monoisotopic (exact) mass is 487 g/mol. The van der Waals surface area contributed by atoms with Crippen molar-refractivity contribution in [3.63, 3.8) is 0 Å². The number of carbonyl (C=O) groups is 3. The summed E-state index contributed by atoms with van der Waals surface area (Å²) in [5, 5.41) is 0. The van der Waals surface area contributed by atoms with Crippen LogP contribution in [0.1, 0.15) is 59.6 Å². The largest absolute Gasteiger partial charge is 0.497 e. The first-order valence-electron chi connectivity index (χ1n) is 12.8. The van der Waals surface area contributed by atoms with Crippen LogP contribution >= 0.6 is 0 Å². The smallest absolute Gasteiger partial charge is 0.240 e. The maximum absolute atomic E-state index is 14.3. The van der Waals surface area contributed by atoms with Crippen molar-refractivity contribution in [3.8, 4) is 11.5 Å². The average Bonchev–Trinajstić information content (AvgIpc) is 3.40.